The molecule has 0 saturated carbocycles. The molecule has 1 aromatic rings. The summed E-state index contributed by atoms with van der Waals surface area (Å²) in [7, 11) is 2.09. The normalized spacial score (nSPS) is 12.5. The summed E-state index contributed by atoms with van der Waals surface area (Å²) in [6.45, 7) is 2.20. The van der Waals surface area contributed by atoms with Crippen molar-refractivity contribution >= 4 is 34.7 Å². The Bertz CT molecular complexity index is 344. The first-order valence-electron chi connectivity index (χ1n) is 5.37. The SMILES string of the molecule is CCC(CSC)N(C)c1ccc(N)cc1Cl. The summed E-state index contributed by atoms with van der Waals surface area (Å²) in [6, 6.07) is 6.19. The molecule has 0 spiro atoms. The van der Waals surface area contributed by atoms with Crippen molar-refractivity contribution in [3.05, 3.63) is 23.2 Å². The van der Waals surface area contributed by atoms with Crippen LogP contribution in [0.3, 0.4) is 0 Å². The van der Waals surface area contributed by atoms with Crippen molar-refractivity contribution in [2.24, 2.45) is 0 Å². The Kier molecular flexibility index (Phi) is 5.29. The molecule has 1 unspecified atom stereocenters. The molecule has 16 heavy (non-hydrogen) atoms. The number of nitrogens with zero attached hydrogens (tertiary/aromatic N) is 1. The van der Waals surface area contributed by atoms with Gasteiger partial charge >= 0.3 is 0 Å². The summed E-state index contributed by atoms with van der Waals surface area (Å²) in [5.41, 5.74) is 7.45. The van der Waals surface area contributed by atoms with Crippen molar-refractivity contribution in [2.45, 2.75) is 19.4 Å². The molecular weight excluding hydrogens is 240 g/mol. The highest BCUT2D eigenvalue weighted by Crippen LogP contribution is 2.29. The first kappa shape index (κ1) is 13.5. The fourth-order valence-electron chi connectivity index (χ4n) is 1.70. The Hall–Kier alpha value is -0.540. The van der Waals surface area contributed by atoms with Crippen LogP contribution in [0.25, 0.3) is 0 Å². The molecule has 1 atom stereocenters. The van der Waals surface area contributed by atoms with E-state index in [0.29, 0.717) is 11.7 Å². The molecule has 0 aliphatic carbocycles. The van der Waals surface area contributed by atoms with Crippen LogP contribution >= 0.6 is 23.4 Å². The molecular formula is C12H19ClN2S. The number of hydrogen-bond acceptors (Lipinski definition) is 3. The summed E-state index contributed by atoms with van der Waals surface area (Å²) in [5, 5.41) is 0.724. The van der Waals surface area contributed by atoms with E-state index in [-0.39, 0.29) is 0 Å². The van der Waals surface area contributed by atoms with Crippen LogP contribution in [0.4, 0.5) is 11.4 Å². The van der Waals surface area contributed by atoms with Crippen LogP contribution in [0.15, 0.2) is 18.2 Å². The third-order valence-corrected chi connectivity index (χ3v) is 3.75. The number of rotatable bonds is 5. The fraction of sp³-hybridized carbons (Fsp3) is 0.500. The predicted molar refractivity (Wildman–Crippen MR) is 76.7 cm³/mol. The van der Waals surface area contributed by atoms with Gasteiger partial charge in [0.1, 0.15) is 0 Å². The van der Waals surface area contributed by atoms with Crippen molar-refractivity contribution in [3.63, 3.8) is 0 Å². The maximum Gasteiger partial charge on any atom is 0.0660 e. The van der Waals surface area contributed by atoms with E-state index in [1.807, 2.05) is 23.9 Å². The first-order chi connectivity index (χ1) is 7.60. The zero-order chi connectivity index (χ0) is 12.1. The van der Waals surface area contributed by atoms with E-state index in [1.165, 1.54) is 0 Å². The quantitative estimate of drug-likeness (QED) is 0.820. The number of thioether (sulfide) groups is 1. The highest BCUT2D eigenvalue weighted by Gasteiger charge is 2.15. The highest BCUT2D eigenvalue weighted by molar-refractivity contribution is 7.98. The van der Waals surface area contributed by atoms with E-state index in [2.05, 4.69) is 25.1 Å². The summed E-state index contributed by atoms with van der Waals surface area (Å²) < 4.78 is 0. The van der Waals surface area contributed by atoms with Gasteiger partial charge in [-0.2, -0.15) is 11.8 Å². The molecule has 0 fully saturated rings. The molecule has 90 valence electrons. The van der Waals surface area contributed by atoms with Gasteiger partial charge in [-0.1, -0.05) is 18.5 Å². The molecule has 0 radical (unpaired) electrons. The minimum atomic E-state index is 0.510. The third-order valence-electron chi connectivity index (χ3n) is 2.73. The van der Waals surface area contributed by atoms with Crippen LogP contribution in [-0.2, 0) is 0 Å². The molecule has 0 saturated heterocycles. The van der Waals surface area contributed by atoms with Crippen LogP contribution in [0, 0.1) is 0 Å². The Morgan fingerprint density at radius 3 is 2.69 bits per heavy atom. The average Bonchev–Trinajstić information content (AvgIpc) is 2.25. The molecule has 4 heteroatoms. The smallest absolute Gasteiger partial charge is 0.0660 e. The van der Waals surface area contributed by atoms with Crippen molar-refractivity contribution < 1.29 is 0 Å². The second-order valence-corrected chi connectivity index (χ2v) is 5.16. The molecule has 0 amide bonds. The van der Waals surface area contributed by atoms with E-state index in [0.717, 1.165) is 22.9 Å². The van der Waals surface area contributed by atoms with Gasteiger partial charge in [-0.05, 0) is 30.9 Å². The summed E-state index contributed by atoms with van der Waals surface area (Å²) >= 11 is 8.05. The average molecular weight is 259 g/mol. The number of anilines is 2. The Morgan fingerprint density at radius 2 is 2.19 bits per heavy atom. The molecule has 1 rings (SSSR count). The fourth-order valence-corrected chi connectivity index (χ4v) is 2.87. The van der Waals surface area contributed by atoms with Crippen LogP contribution < -0.4 is 10.6 Å². The van der Waals surface area contributed by atoms with Crippen LogP contribution in [0.5, 0.6) is 0 Å². The van der Waals surface area contributed by atoms with Crippen LogP contribution in [-0.4, -0.2) is 25.1 Å². The molecule has 0 aromatic heterocycles. The number of halogens is 1. The van der Waals surface area contributed by atoms with Gasteiger partial charge in [-0.15, -0.1) is 0 Å². The van der Waals surface area contributed by atoms with Crippen molar-refractivity contribution in [1.29, 1.82) is 0 Å². The van der Waals surface area contributed by atoms with E-state index in [4.69, 9.17) is 17.3 Å². The lowest BCUT2D eigenvalue weighted by molar-refractivity contribution is 0.673. The molecule has 1 aromatic carbocycles. The van der Waals surface area contributed by atoms with Gasteiger partial charge in [-0.3, -0.25) is 0 Å². The van der Waals surface area contributed by atoms with Crippen molar-refractivity contribution in [1.82, 2.24) is 0 Å². The van der Waals surface area contributed by atoms with Gasteiger partial charge in [-0.25, -0.2) is 0 Å². The minimum Gasteiger partial charge on any atom is -0.399 e. The lowest BCUT2D eigenvalue weighted by Crippen LogP contribution is -2.33. The predicted octanol–water partition coefficient (Wildman–Crippen LogP) is 3.50. The van der Waals surface area contributed by atoms with E-state index in [1.54, 1.807) is 6.07 Å². The number of benzene rings is 1. The van der Waals surface area contributed by atoms with Gasteiger partial charge in [0, 0.05) is 24.5 Å². The molecule has 0 heterocycles. The number of nitrogens with two attached hydrogens (primary N) is 1. The maximum atomic E-state index is 6.20. The van der Waals surface area contributed by atoms with Crippen molar-refractivity contribution in [2.75, 3.05) is 29.7 Å². The summed E-state index contributed by atoms with van der Waals surface area (Å²) in [5.74, 6) is 1.10. The first-order valence-corrected chi connectivity index (χ1v) is 7.14. The second kappa shape index (κ2) is 6.26. The second-order valence-electron chi connectivity index (χ2n) is 3.84. The van der Waals surface area contributed by atoms with Gasteiger partial charge < -0.3 is 10.6 Å². The largest absolute Gasteiger partial charge is 0.399 e. The van der Waals surface area contributed by atoms with Gasteiger partial charge in [0.25, 0.3) is 0 Å². The topological polar surface area (TPSA) is 29.3 Å². The van der Waals surface area contributed by atoms with Crippen LogP contribution in [0.1, 0.15) is 13.3 Å². The minimum absolute atomic E-state index is 0.510. The summed E-state index contributed by atoms with van der Waals surface area (Å²) in [4.78, 5) is 2.23. The summed E-state index contributed by atoms with van der Waals surface area (Å²) in [6.07, 6.45) is 3.24. The molecule has 2 N–H and O–H groups in total. The Balaban J connectivity index is 2.89. The van der Waals surface area contributed by atoms with E-state index < -0.39 is 0 Å². The monoisotopic (exact) mass is 258 g/mol. The standard InChI is InChI=1S/C12H19ClN2S/c1-4-10(8-16-3)15(2)12-6-5-9(14)7-11(12)13/h5-7,10H,4,8,14H2,1-3H3. The molecule has 2 nitrogen and oxygen atoms in total. The number of hydrogen-bond donors (Lipinski definition) is 1. The number of nitrogen functional groups attached to an aromatic ring is 1. The maximum absolute atomic E-state index is 6.20. The van der Waals surface area contributed by atoms with E-state index >= 15 is 0 Å². The zero-order valence-corrected chi connectivity index (χ0v) is 11.6. The van der Waals surface area contributed by atoms with Crippen LogP contribution in [0.2, 0.25) is 5.02 Å². The Labute approximate surface area is 107 Å². The van der Waals surface area contributed by atoms with Gasteiger partial charge in [0.15, 0.2) is 0 Å². The van der Waals surface area contributed by atoms with Gasteiger partial charge in [0.2, 0.25) is 0 Å². The van der Waals surface area contributed by atoms with Gasteiger partial charge in [0.05, 0.1) is 10.7 Å². The molecule has 0 aliphatic rings. The van der Waals surface area contributed by atoms with Crippen molar-refractivity contribution in [3.8, 4) is 0 Å². The highest BCUT2D eigenvalue weighted by atomic mass is 35.5. The van der Waals surface area contributed by atoms with E-state index in [9.17, 15) is 0 Å². The molecule has 0 bridgehead atoms. The zero-order valence-electron chi connectivity index (χ0n) is 10.0. The molecule has 0 aliphatic heterocycles. The Morgan fingerprint density at radius 1 is 1.50 bits per heavy atom. The lowest BCUT2D eigenvalue weighted by Gasteiger charge is -2.29. The third kappa shape index (κ3) is 3.22. The lowest BCUT2D eigenvalue weighted by atomic mass is 10.2.